The van der Waals surface area contributed by atoms with Crippen molar-refractivity contribution in [2.45, 2.75) is 32.4 Å². The molecule has 2 heterocycles. The third-order valence-corrected chi connectivity index (χ3v) is 3.76. The lowest BCUT2D eigenvalue weighted by atomic mass is 10.2. The topological polar surface area (TPSA) is 83.7 Å². The van der Waals surface area contributed by atoms with Crippen LogP contribution in [0.1, 0.15) is 41.5 Å². The smallest absolute Gasteiger partial charge is 0.417 e. The highest BCUT2D eigenvalue weighted by Crippen LogP contribution is 2.33. The molecule has 0 aromatic carbocycles. The molecule has 25 heavy (non-hydrogen) atoms. The average Bonchev–Trinajstić information content (AvgIpc) is 2.89. The Hall–Kier alpha value is -2.29. The quantitative estimate of drug-likeness (QED) is 0.757. The zero-order chi connectivity index (χ0) is 18.8. The van der Waals surface area contributed by atoms with Gasteiger partial charge in [-0.05, 0) is 18.9 Å². The molecule has 2 aromatic rings. The van der Waals surface area contributed by atoms with Gasteiger partial charge in [-0.2, -0.15) is 13.2 Å². The molecule has 0 saturated heterocycles. The number of carboxylic acid groups (broad SMARTS) is 1. The molecule has 1 amide bonds. The van der Waals surface area contributed by atoms with Crippen molar-refractivity contribution >= 4 is 29.1 Å². The number of amides is 1. The SMILES string of the molecule is CCc1nc2c(Cl)cc(C(F)(F)F)cn2c1C(=O)NCCCC(=O)O. The summed E-state index contributed by atoms with van der Waals surface area (Å²) in [5.74, 6) is -1.63. The second kappa shape index (κ2) is 7.30. The normalized spacial score (nSPS) is 11.7. The van der Waals surface area contributed by atoms with Crippen LogP contribution in [0.15, 0.2) is 12.3 Å². The predicted molar refractivity (Wildman–Crippen MR) is 83.8 cm³/mol. The van der Waals surface area contributed by atoms with Crippen LogP contribution in [-0.2, 0) is 17.4 Å². The molecule has 0 aliphatic rings. The number of nitrogens with one attached hydrogen (secondary N) is 1. The maximum absolute atomic E-state index is 13.0. The number of carboxylic acids is 1. The van der Waals surface area contributed by atoms with Crippen LogP contribution in [-0.4, -0.2) is 32.9 Å². The highest BCUT2D eigenvalue weighted by Gasteiger charge is 2.33. The van der Waals surface area contributed by atoms with Crippen LogP contribution in [0.25, 0.3) is 5.65 Å². The van der Waals surface area contributed by atoms with Crippen molar-refractivity contribution in [2.75, 3.05) is 6.54 Å². The number of carbonyl (C=O) groups is 2. The molecule has 2 N–H and O–H groups in total. The van der Waals surface area contributed by atoms with E-state index >= 15 is 0 Å². The maximum atomic E-state index is 13.0. The number of imidazole rings is 1. The van der Waals surface area contributed by atoms with Crippen LogP contribution < -0.4 is 5.32 Å². The van der Waals surface area contributed by atoms with Gasteiger partial charge in [-0.25, -0.2) is 4.98 Å². The van der Waals surface area contributed by atoms with E-state index in [-0.39, 0.29) is 35.8 Å². The summed E-state index contributed by atoms with van der Waals surface area (Å²) in [6, 6.07) is 0.762. The second-order valence-electron chi connectivity index (χ2n) is 5.28. The number of rotatable bonds is 6. The molecule has 2 rings (SSSR count). The molecule has 0 atom stereocenters. The highest BCUT2D eigenvalue weighted by molar-refractivity contribution is 6.33. The lowest BCUT2D eigenvalue weighted by molar-refractivity contribution is -0.138. The summed E-state index contributed by atoms with van der Waals surface area (Å²) in [5.41, 5.74) is -0.676. The van der Waals surface area contributed by atoms with Crippen molar-refractivity contribution in [3.8, 4) is 0 Å². The zero-order valence-corrected chi connectivity index (χ0v) is 13.9. The van der Waals surface area contributed by atoms with E-state index in [2.05, 4.69) is 10.3 Å². The zero-order valence-electron chi connectivity index (χ0n) is 13.2. The maximum Gasteiger partial charge on any atom is 0.417 e. The number of aromatic nitrogens is 2. The van der Waals surface area contributed by atoms with E-state index in [0.717, 1.165) is 16.7 Å². The number of hydrogen-bond donors (Lipinski definition) is 2. The number of alkyl halides is 3. The van der Waals surface area contributed by atoms with Gasteiger partial charge in [-0.3, -0.25) is 14.0 Å². The standard InChI is InChI=1S/C15H15ClF3N3O3/c1-2-10-12(14(25)20-5-3-4-11(23)24)22-7-8(15(17,18)19)6-9(16)13(22)21-10/h6-7H,2-5H2,1H3,(H,20,25)(H,23,24). The molecule has 0 radical (unpaired) electrons. The molecule has 0 bridgehead atoms. The van der Waals surface area contributed by atoms with E-state index in [0.29, 0.717) is 12.1 Å². The predicted octanol–water partition coefficient (Wildman–Crippen LogP) is 3.16. The number of fused-ring (bicyclic) bond motifs is 1. The fourth-order valence-electron chi connectivity index (χ4n) is 2.32. The largest absolute Gasteiger partial charge is 0.481 e. The molecule has 0 unspecified atom stereocenters. The molecule has 0 fully saturated rings. The number of pyridine rings is 1. The van der Waals surface area contributed by atoms with E-state index in [1.165, 1.54) is 0 Å². The van der Waals surface area contributed by atoms with Crippen molar-refractivity contribution in [3.05, 3.63) is 34.2 Å². The minimum atomic E-state index is -4.62. The van der Waals surface area contributed by atoms with Crippen LogP contribution in [0.3, 0.4) is 0 Å². The Morgan fingerprint density at radius 2 is 2.08 bits per heavy atom. The number of carbonyl (C=O) groups excluding carboxylic acids is 1. The van der Waals surface area contributed by atoms with Gasteiger partial charge in [0.25, 0.3) is 5.91 Å². The number of aryl methyl sites for hydroxylation is 1. The van der Waals surface area contributed by atoms with Gasteiger partial charge in [-0.1, -0.05) is 18.5 Å². The van der Waals surface area contributed by atoms with Crippen molar-refractivity contribution in [1.29, 1.82) is 0 Å². The molecule has 6 nitrogen and oxygen atoms in total. The Morgan fingerprint density at radius 1 is 1.40 bits per heavy atom. The Kier molecular flexibility index (Phi) is 5.56. The fourth-order valence-corrected chi connectivity index (χ4v) is 2.57. The first-order valence-electron chi connectivity index (χ1n) is 7.42. The van der Waals surface area contributed by atoms with Crippen molar-refractivity contribution < 1.29 is 27.9 Å². The van der Waals surface area contributed by atoms with Gasteiger partial charge < -0.3 is 10.4 Å². The van der Waals surface area contributed by atoms with Crippen molar-refractivity contribution in [2.24, 2.45) is 0 Å². The molecule has 0 spiro atoms. The van der Waals surface area contributed by atoms with Crippen LogP contribution in [0.4, 0.5) is 13.2 Å². The lowest BCUT2D eigenvalue weighted by Gasteiger charge is -2.10. The summed E-state index contributed by atoms with van der Waals surface area (Å²) in [6.07, 6.45) is -3.45. The van der Waals surface area contributed by atoms with Gasteiger partial charge in [0.05, 0.1) is 16.3 Å². The van der Waals surface area contributed by atoms with Crippen LogP contribution in [0.5, 0.6) is 0 Å². The molecule has 10 heteroatoms. The monoisotopic (exact) mass is 377 g/mol. The summed E-state index contributed by atoms with van der Waals surface area (Å²) in [6.45, 7) is 1.79. The minimum Gasteiger partial charge on any atom is -0.481 e. The molecule has 0 aliphatic carbocycles. The minimum absolute atomic E-state index is 0.0409. The summed E-state index contributed by atoms with van der Waals surface area (Å²) in [7, 11) is 0. The molecule has 0 aliphatic heterocycles. The van der Waals surface area contributed by atoms with Gasteiger partial charge in [0.2, 0.25) is 0 Å². The van der Waals surface area contributed by atoms with E-state index < -0.39 is 23.6 Å². The molecule has 136 valence electrons. The van der Waals surface area contributed by atoms with Crippen LogP contribution in [0.2, 0.25) is 5.02 Å². The molecule has 0 saturated carbocycles. The first-order chi connectivity index (χ1) is 11.6. The number of hydrogen-bond acceptors (Lipinski definition) is 3. The van der Waals surface area contributed by atoms with E-state index in [4.69, 9.17) is 16.7 Å². The second-order valence-corrected chi connectivity index (χ2v) is 5.69. The van der Waals surface area contributed by atoms with Gasteiger partial charge in [0.15, 0.2) is 5.65 Å². The Bertz CT molecular complexity index is 818. The van der Waals surface area contributed by atoms with E-state index in [1.807, 2.05) is 0 Å². The molecular formula is C15H15ClF3N3O3. The fraction of sp³-hybridized carbons (Fsp3) is 0.400. The van der Waals surface area contributed by atoms with Crippen LogP contribution in [0, 0.1) is 0 Å². The Morgan fingerprint density at radius 3 is 2.64 bits per heavy atom. The van der Waals surface area contributed by atoms with Gasteiger partial charge >= 0.3 is 12.1 Å². The van der Waals surface area contributed by atoms with Gasteiger partial charge in [-0.15, -0.1) is 0 Å². The summed E-state index contributed by atoms with van der Waals surface area (Å²) >= 11 is 5.90. The van der Waals surface area contributed by atoms with E-state index in [9.17, 15) is 22.8 Å². The summed E-state index contributed by atoms with van der Waals surface area (Å²) in [4.78, 5) is 27.0. The lowest BCUT2D eigenvalue weighted by Crippen LogP contribution is -2.27. The van der Waals surface area contributed by atoms with Crippen molar-refractivity contribution in [1.82, 2.24) is 14.7 Å². The van der Waals surface area contributed by atoms with Crippen molar-refractivity contribution in [3.63, 3.8) is 0 Å². The summed E-state index contributed by atoms with van der Waals surface area (Å²) in [5, 5.41) is 10.9. The van der Waals surface area contributed by atoms with Gasteiger partial charge in [0.1, 0.15) is 5.69 Å². The molecular weight excluding hydrogens is 363 g/mol. The number of nitrogens with zero attached hydrogens (tertiary/aromatic N) is 2. The first kappa shape index (κ1) is 19.0. The average molecular weight is 378 g/mol. The number of halogens is 4. The third-order valence-electron chi connectivity index (χ3n) is 3.48. The molecule has 2 aromatic heterocycles. The Balaban J connectivity index is 2.41. The number of aliphatic carboxylic acids is 1. The highest BCUT2D eigenvalue weighted by atomic mass is 35.5. The van der Waals surface area contributed by atoms with Crippen LogP contribution >= 0.6 is 11.6 Å². The first-order valence-corrected chi connectivity index (χ1v) is 7.80. The third kappa shape index (κ3) is 4.22. The Labute approximate surface area is 145 Å². The van der Waals surface area contributed by atoms with E-state index in [1.54, 1.807) is 6.92 Å². The summed E-state index contributed by atoms with van der Waals surface area (Å²) < 4.78 is 40.0. The van der Waals surface area contributed by atoms with Gasteiger partial charge in [0, 0.05) is 19.2 Å².